The predicted molar refractivity (Wildman–Crippen MR) is 596 cm³/mol. The zero-order valence-corrected chi connectivity index (χ0v) is 78.2. The van der Waals surface area contributed by atoms with Gasteiger partial charge in [0.2, 0.25) is 0 Å². The number of para-hydroxylation sites is 9. The monoisotopic (exact) mass is 1820 g/mol. The molecule has 22 aromatic carbocycles. The summed E-state index contributed by atoms with van der Waals surface area (Å²) in [5.41, 5.74) is 35.3. The van der Waals surface area contributed by atoms with Crippen molar-refractivity contribution < 1.29 is 17.7 Å². The molecular weight excluding hydrogens is 1730 g/mol. The normalized spacial score (nSPS) is 11.9. The molecule has 0 atom stereocenters. The highest BCUT2D eigenvalue weighted by atomic mass is 16.3. The van der Waals surface area contributed by atoms with Gasteiger partial charge in [0.05, 0.1) is 49.8 Å². The first-order valence-corrected chi connectivity index (χ1v) is 48.6. The topological polar surface area (TPSA) is 72.3 Å². The molecule has 0 saturated carbocycles. The molecule has 0 bridgehead atoms. The fourth-order valence-corrected chi connectivity index (χ4v) is 21.8. The fourth-order valence-electron chi connectivity index (χ4n) is 21.8. The van der Waals surface area contributed by atoms with Gasteiger partial charge >= 0.3 is 0 Å². The highest BCUT2D eigenvalue weighted by Crippen LogP contribution is 2.46. The Kier molecular flexibility index (Phi) is 19.7. The van der Waals surface area contributed by atoms with Crippen LogP contribution in [0.4, 0.5) is 0 Å². The molecule has 30 rings (SSSR count). The summed E-state index contributed by atoms with van der Waals surface area (Å²) in [5.74, 6) is 0. The summed E-state index contributed by atoms with van der Waals surface area (Å²) < 4.78 is 33.8. The zero-order chi connectivity index (χ0) is 94.2. The lowest BCUT2D eigenvalue weighted by atomic mass is 9.87. The third kappa shape index (κ3) is 14.2. The fraction of sp³-hybridized carbons (Fsp3) is 0.0299. The summed E-state index contributed by atoms with van der Waals surface area (Å²) in [7, 11) is 0. The maximum Gasteiger partial charge on any atom is 0.135 e. The van der Waals surface area contributed by atoms with Gasteiger partial charge < -0.3 is 35.9 Å². The second-order valence-electron chi connectivity index (χ2n) is 38.1. The molecule has 0 amide bonds. The SMILES string of the molecule is CC(C)(C)c1ccc(-n2c3ccccc3c3ccc(-c4ccc5oc6ccccc6c5c4)cc32)cc1.c1ccc(-c2ccc(-n3c4ccccc4c4ccc(-c5ccc6oc7ccccc7c6c5)cc43)cc2)cc1.c1ccc(-n2c3ccccc3c3ccc(-c4ccc5oc6ccccc6c5c4)cc32)cc1.c1ccc2c(-n3c4ccccc4c4ccc(-c5ccc6oc7ccccc7c6c5)cc43)cccc2c1. The maximum atomic E-state index is 6.07. The van der Waals surface area contributed by atoms with Crippen LogP contribution < -0.4 is 0 Å². The van der Waals surface area contributed by atoms with Crippen LogP contribution in [0.1, 0.15) is 26.3 Å². The van der Waals surface area contributed by atoms with E-state index in [9.17, 15) is 0 Å². The predicted octanol–water partition coefficient (Wildman–Crippen LogP) is 37.5. The van der Waals surface area contributed by atoms with Gasteiger partial charge in [-0.05, 0) is 236 Å². The average Bonchev–Trinajstić information content (AvgIpc) is 1.60. The van der Waals surface area contributed by atoms with Crippen LogP contribution in [-0.4, -0.2) is 18.3 Å². The van der Waals surface area contributed by atoms with E-state index in [2.05, 4.69) is 482 Å². The molecule has 8 heteroatoms. The van der Waals surface area contributed by atoms with Gasteiger partial charge in [0, 0.05) is 109 Å². The lowest BCUT2D eigenvalue weighted by Crippen LogP contribution is -2.10. The van der Waals surface area contributed by atoms with Crippen LogP contribution in [0.15, 0.2) is 509 Å². The van der Waals surface area contributed by atoms with Crippen molar-refractivity contribution in [3.63, 3.8) is 0 Å². The van der Waals surface area contributed by atoms with E-state index in [0.717, 1.165) is 93.4 Å². The summed E-state index contributed by atoms with van der Waals surface area (Å²) in [6, 6.07) is 175. The lowest BCUT2D eigenvalue weighted by molar-refractivity contribution is 0.590. The molecule has 0 spiro atoms. The van der Waals surface area contributed by atoms with Gasteiger partial charge in [-0.25, -0.2) is 0 Å². The maximum absolute atomic E-state index is 6.07. The van der Waals surface area contributed by atoms with Crippen molar-refractivity contribution in [1.29, 1.82) is 0 Å². The first kappa shape index (κ1) is 82.9. The lowest BCUT2D eigenvalue weighted by Gasteiger charge is -2.19. The van der Waals surface area contributed by atoms with Gasteiger partial charge in [0.25, 0.3) is 0 Å². The van der Waals surface area contributed by atoms with Crippen LogP contribution in [-0.2, 0) is 5.41 Å². The Balaban J connectivity index is 0.0000000948. The number of benzene rings is 22. The number of furan rings is 4. The molecule has 0 radical (unpaired) electrons. The van der Waals surface area contributed by atoms with Crippen molar-refractivity contribution in [2.45, 2.75) is 26.2 Å². The van der Waals surface area contributed by atoms with Crippen molar-refractivity contribution in [3.05, 3.63) is 497 Å². The Bertz CT molecular complexity index is 10200. The van der Waals surface area contributed by atoms with Gasteiger partial charge in [-0.15, -0.1) is 0 Å². The van der Waals surface area contributed by atoms with Crippen LogP contribution in [0.3, 0.4) is 0 Å². The number of fused-ring (bicyclic) bond motifs is 25. The highest BCUT2D eigenvalue weighted by Gasteiger charge is 2.24. The van der Waals surface area contributed by atoms with Gasteiger partial charge in [0.15, 0.2) is 0 Å². The third-order valence-corrected chi connectivity index (χ3v) is 28.8. The largest absolute Gasteiger partial charge is 0.456 e. The second-order valence-corrected chi connectivity index (χ2v) is 38.1. The van der Waals surface area contributed by atoms with Crippen molar-refractivity contribution in [3.8, 4) is 78.4 Å². The van der Waals surface area contributed by atoms with Crippen LogP contribution in [0, 0.1) is 0 Å². The number of hydrogen-bond acceptors (Lipinski definition) is 4. The molecule has 0 N–H and O–H groups in total. The number of aromatic nitrogens is 4. The van der Waals surface area contributed by atoms with Gasteiger partial charge in [-0.2, -0.15) is 0 Å². The third-order valence-electron chi connectivity index (χ3n) is 28.8. The van der Waals surface area contributed by atoms with E-state index < -0.39 is 0 Å². The van der Waals surface area contributed by atoms with Crippen molar-refractivity contribution in [2.75, 3.05) is 0 Å². The van der Waals surface area contributed by atoms with Gasteiger partial charge in [-0.1, -0.05) is 348 Å². The van der Waals surface area contributed by atoms with Crippen molar-refractivity contribution >= 4 is 186 Å². The van der Waals surface area contributed by atoms with E-state index in [0.29, 0.717) is 0 Å². The Labute approximate surface area is 817 Å². The summed E-state index contributed by atoms with van der Waals surface area (Å²) in [6.45, 7) is 6.78. The minimum atomic E-state index is 0.127. The van der Waals surface area contributed by atoms with Crippen molar-refractivity contribution in [2.24, 2.45) is 0 Å². The molecule has 8 aromatic heterocycles. The molecular formula is C134H90N4O4. The number of hydrogen-bond donors (Lipinski definition) is 0. The van der Waals surface area contributed by atoms with Gasteiger partial charge in [0.1, 0.15) is 44.7 Å². The van der Waals surface area contributed by atoms with Crippen molar-refractivity contribution in [1.82, 2.24) is 18.3 Å². The molecule has 0 fully saturated rings. The van der Waals surface area contributed by atoms with Crippen LogP contribution >= 0.6 is 0 Å². The van der Waals surface area contributed by atoms with E-state index in [4.69, 9.17) is 17.7 Å². The first-order valence-electron chi connectivity index (χ1n) is 48.6. The second kappa shape index (κ2) is 33.7. The highest BCUT2D eigenvalue weighted by molar-refractivity contribution is 6.17. The van der Waals surface area contributed by atoms with Crippen LogP contribution in [0.2, 0.25) is 0 Å². The summed E-state index contributed by atoms with van der Waals surface area (Å²) in [6.07, 6.45) is 0. The molecule has 0 saturated heterocycles. The van der Waals surface area contributed by atoms with E-state index in [1.54, 1.807) is 0 Å². The molecule has 0 aliphatic carbocycles. The van der Waals surface area contributed by atoms with E-state index in [1.165, 1.54) is 176 Å². The molecule has 670 valence electrons. The smallest absolute Gasteiger partial charge is 0.135 e. The molecule has 142 heavy (non-hydrogen) atoms. The number of nitrogens with zero attached hydrogens (tertiary/aromatic N) is 4. The molecule has 8 nitrogen and oxygen atoms in total. The van der Waals surface area contributed by atoms with Gasteiger partial charge in [-0.3, -0.25) is 0 Å². The minimum absolute atomic E-state index is 0.127. The minimum Gasteiger partial charge on any atom is -0.456 e. The average molecular weight is 1820 g/mol. The molecule has 30 aromatic rings. The Morgan fingerprint density at radius 2 is 0.387 bits per heavy atom. The Hall–Kier alpha value is -18.5. The van der Waals surface area contributed by atoms with Crippen LogP contribution in [0.25, 0.3) is 264 Å². The molecule has 0 unspecified atom stereocenters. The zero-order valence-electron chi connectivity index (χ0n) is 78.2. The molecule has 0 aliphatic heterocycles. The Morgan fingerprint density at radius 3 is 0.746 bits per heavy atom. The van der Waals surface area contributed by atoms with E-state index >= 15 is 0 Å². The quantitative estimate of drug-likeness (QED) is 0.144. The summed E-state index contributed by atoms with van der Waals surface area (Å²) >= 11 is 0. The molecule has 8 heterocycles. The number of rotatable bonds is 9. The Morgan fingerprint density at radius 1 is 0.148 bits per heavy atom. The summed E-state index contributed by atoms with van der Waals surface area (Å²) in [4.78, 5) is 0. The van der Waals surface area contributed by atoms with E-state index in [1.807, 2.05) is 48.5 Å². The summed E-state index contributed by atoms with van der Waals surface area (Å²) in [5, 5.41) is 21.8. The van der Waals surface area contributed by atoms with Crippen LogP contribution in [0.5, 0.6) is 0 Å². The first-order chi connectivity index (χ1) is 70.0. The standard InChI is InChI=1S/C36H23NO.C34H21NO.C34H27NO.C30H19NO/c1-2-8-24(9-3-1)25-14-18-28(19-15-25)37-33-12-6-4-10-29(33)30-20-16-27(23-34(30)37)26-17-21-36-32(22-26)31-11-5-7-13-35(31)38-36;1-2-10-25-22(8-1)9-7-14-30(25)35-31-13-5-3-11-26(31)27-18-16-24(21-32(27)35)23-17-19-34-29(20-23)28-12-4-6-15-33(28)36-34;1-34(2,3)24-14-16-25(17-15-24)35-30-10-6-4-8-26(30)27-18-12-23(21-31(27)35)22-13-19-33-29(20-22)28-9-5-7-11-32(28)36-33;1-2-8-22(9-3-1)31-27-12-6-4-10-23(27)24-16-14-21(19-28(24)31)20-15-17-30-26(18-20)25-11-5-7-13-29(25)32-30/h1-23H;1-21H;4-21H,1-3H3;1-19H. The van der Waals surface area contributed by atoms with E-state index in [-0.39, 0.29) is 5.41 Å². The molecule has 0 aliphatic rings.